The van der Waals surface area contributed by atoms with E-state index >= 15 is 4.39 Å². The van der Waals surface area contributed by atoms with Crippen molar-refractivity contribution >= 4 is 34.7 Å². The molecule has 150 valence electrons. The molecule has 6 heteroatoms. The molecule has 1 N–H and O–H groups in total. The Hall–Kier alpha value is -2.66. The third-order valence-electron chi connectivity index (χ3n) is 5.53. The minimum absolute atomic E-state index is 0.0524. The second-order valence-electron chi connectivity index (χ2n) is 8.32. The fourth-order valence-corrected chi connectivity index (χ4v) is 4.73. The highest BCUT2D eigenvalue weighted by atomic mass is 35.5. The van der Waals surface area contributed by atoms with Gasteiger partial charge in [-0.05, 0) is 29.7 Å². The lowest BCUT2D eigenvalue weighted by molar-refractivity contribution is -0.125. The molecule has 0 radical (unpaired) electrons. The van der Waals surface area contributed by atoms with Crippen molar-refractivity contribution in [3.8, 4) is 0 Å². The maximum absolute atomic E-state index is 15.0. The molecule has 2 aliphatic rings. The van der Waals surface area contributed by atoms with E-state index in [2.05, 4.69) is 5.32 Å². The van der Waals surface area contributed by atoms with Gasteiger partial charge in [-0.15, -0.1) is 0 Å². The van der Waals surface area contributed by atoms with Crippen LogP contribution < -0.4 is 10.2 Å². The Balaban J connectivity index is 2.06. The zero-order valence-corrected chi connectivity index (χ0v) is 17.3. The van der Waals surface area contributed by atoms with Crippen LogP contribution in [0.2, 0.25) is 5.02 Å². The zero-order valence-electron chi connectivity index (χ0n) is 16.5. The molecule has 4 rings (SSSR count). The highest BCUT2D eigenvalue weighted by molar-refractivity contribution is 6.31. The van der Waals surface area contributed by atoms with Crippen LogP contribution >= 0.6 is 11.6 Å². The summed E-state index contributed by atoms with van der Waals surface area (Å²) in [5, 5.41) is 3.54. The molecule has 4 nitrogen and oxygen atoms in total. The van der Waals surface area contributed by atoms with Crippen LogP contribution in [-0.4, -0.2) is 11.7 Å². The molecule has 1 amide bonds. The fraction of sp³-hybridized carbons (Fsp3) is 0.304. The first kappa shape index (κ1) is 19.6. The monoisotopic (exact) mass is 412 g/mol. The van der Waals surface area contributed by atoms with Crippen molar-refractivity contribution in [3.63, 3.8) is 0 Å². The summed E-state index contributed by atoms with van der Waals surface area (Å²) in [6, 6.07) is 10.8. The zero-order chi connectivity index (χ0) is 20.9. The van der Waals surface area contributed by atoms with Gasteiger partial charge in [0.25, 0.3) is 0 Å². The lowest BCUT2D eigenvalue weighted by atomic mass is 9.72. The Bertz CT molecular complexity index is 1030. The summed E-state index contributed by atoms with van der Waals surface area (Å²) < 4.78 is 15.0. The van der Waals surface area contributed by atoms with Crippen molar-refractivity contribution in [3.05, 3.63) is 70.6 Å². The number of amides is 1. The van der Waals surface area contributed by atoms with Crippen molar-refractivity contribution < 1.29 is 14.0 Å². The lowest BCUT2D eigenvalue weighted by Crippen LogP contribution is -2.43. The number of benzene rings is 2. The highest BCUT2D eigenvalue weighted by Gasteiger charge is 2.47. The van der Waals surface area contributed by atoms with Gasteiger partial charge in [0.15, 0.2) is 0 Å². The summed E-state index contributed by atoms with van der Waals surface area (Å²) in [4.78, 5) is 27.7. The smallest absolute Gasteiger partial charge is 0.224 e. The lowest BCUT2D eigenvalue weighted by Gasteiger charge is -2.39. The first-order valence-corrected chi connectivity index (χ1v) is 9.92. The molecular formula is C23H22ClFN2O2. The van der Waals surface area contributed by atoms with Gasteiger partial charge in [0, 0.05) is 29.6 Å². The van der Waals surface area contributed by atoms with Gasteiger partial charge in [0.1, 0.15) is 11.6 Å². The standard InChI is InChI=1S/C23H22ClFN2O2/c1-13(28)27-18-10-5-4-9-16(18)26-17-11-23(2,3)12-19(29)21(17)22(27)20-14(24)7-6-8-15(20)25/h4-11,21-22,26H,12H2,1-3H3. The molecule has 1 aliphatic carbocycles. The fourth-order valence-electron chi connectivity index (χ4n) is 4.45. The summed E-state index contributed by atoms with van der Waals surface area (Å²) >= 11 is 6.42. The second-order valence-corrected chi connectivity index (χ2v) is 8.73. The third-order valence-corrected chi connectivity index (χ3v) is 5.86. The van der Waals surface area contributed by atoms with E-state index in [1.54, 1.807) is 12.1 Å². The number of nitrogens with one attached hydrogen (secondary N) is 1. The molecule has 0 fully saturated rings. The molecule has 29 heavy (non-hydrogen) atoms. The van der Waals surface area contributed by atoms with Gasteiger partial charge in [-0.25, -0.2) is 4.39 Å². The number of rotatable bonds is 1. The van der Waals surface area contributed by atoms with Crippen LogP contribution in [0.1, 0.15) is 38.8 Å². The van der Waals surface area contributed by atoms with Gasteiger partial charge in [0.2, 0.25) is 5.91 Å². The molecule has 2 unspecified atom stereocenters. The number of para-hydroxylation sites is 2. The van der Waals surface area contributed by atoms with E-state index in [4.69, 9.17) is 11.6 Å². The van der Waals surface area contributed by atoms with Crippen molar-refractivity contribution in [2.45, 2.75) is 33.2 Å². The summed E-state index contributed by atoms with van der Waals surface area (Å²) in [5.41, 5.74) is 1.77. The van der Waals surface area contributed by atoms with Gasteiger partial charge >= 0.3 is 0 Å². The van der Waals surface area contributed by atoms with Crippen molar-refractivity contribution in [2.75, 3.05) is 10.2 Å². The van der Waals surface area contributed by atoms with Crippen LogP contribution in [0.4, 0.5) is 15.8 Å². The summed E-state index contributed by atoms with van der Waals surface area (Å²) in [5.74, 6) is -1.62. The summed E-state index contributed by atoms with van der Waals surface area (Å²) in [6.07, 6.45) is 2.31. The molecule has 1 aliphatic heterocycles. The van der Waals surface area contributed by atoms with Crippen molar-refractivity contribution in [2.24, 2.45) is 11.3 Å². The number of hydrogen-bond acceptors (Lipinski definition) is 3. The number of fused-ring (bicyclic) bond motifs is 2. The first-order valence-electron chi connectivity index (χ1n) is 9.55. The van der Waals surface area contributed by atoms with Crippen LogP contribution in [0.5, 0.6) is 0 Å². The molecule has 0 spiro atoms. The quantitative estimate of drug-likeness (QED) is 0.673. The maximum atomic E-state index is 15.0. The van der Waals surface area contributed by atoms with Crippen LogP contribution in [0.3, 0.4) is 0 Å². The number of nitrogens with zero attached hydrogens (tertiary/aromatic N) is 1. The average Bonchev–Trinajstić information content (AvgIpc) is 2.74. The number of carbonyl (C=O) groups is 2. The molecule has 2 atom stereocenters. The maximum Gasteiger partial charge on any atom is 0.224 e. The minimum atomic E-state index is -0.882. The molecule has 1 heterocycles. The number of halogens is 2. The van der Waals surface area contributed by atoms with E-state index in [0.717, 1.165) is 0 Å². The first-order chi connectivity index (χ1) is 13.7. The van der Waals surface area contributed by atoms with E-state index in [-0.39, 0.29) is 27.7 Å². The van der Waals surface area contributed by atoms with Crippen LogP contribution in [-0.2, 0) is 9.59 Å². The Morgan fingerprint density at radius 2 is 1.93 bits per heavy atom. The minimum Gasteiger partial charge on any atom is -0.357 e. The highest BCUT2D eigenvalue weighted by Crippen LogP contribution is 2.50. The van der Waals surface area contributed by atoms with Crippen LogP contribution in [0, 0.1) is 17.2 Å². The third kappa shape index (κ3) is 3.33. The van der Waals surface area contributed by atoms with E-state index < -0.39 is 17.8 Å². The van der Waals surface area contributed by atoms with E-state index in [1.165, 1.54) is 24.0 Å². The Labute approximate surface area is 174 Å². The van der Waals surface area contributed by atoms with Gasteiger partial charge in [-0.3, -0.25) is 9.59 Å². The molecule has 0 saturated heterocycles. The number of hydrogen-bond donors (Lipinski definition) is 1. The predicted octanol–water partition coefficient (Wildman–Crippen LogP) is 5.50. The predicted molar refractivity (Wildman–Crippen MR) is 112 cm³/mol. The van der Waals surface area contributed by atoms with E-state index in [0.29, 0.717) is 23.5 Å². The van der Waals surface area contributed by atoms with Gasteiger partial charge in [-0.1, -0.05) is 49.7 Å². The van der Waals surface area contributed by atoms with Crippen molar-refractivity contribution in [1.29, 1.82) is 0 Å². The number of anilines is 2. The number of carbonyl (C=O) groups excluding carboxylic acids is 2. The Morgan fingerprint density at radius 1 is 1.21 bits per heavy atom. The molecule has 2 aromatic carbocycles. The molecule has 2 aromatic rings. The average molecular weight is 413 g/mol. The summed E-state index contributed by atoms with van der Waals surface area (Å²) in [7, 11) is 0. The molecule has 0 aromatic heterocycles. The number of ketones is 1. The Morgan fingerprint density at radius 3 is 2.62 bits per heavy atom. The van der Waals surface area contributed by atoms with Crippen LogP contribution in [0.15, 0.2) is 54.2 Å². The Kier molecular flexibility index (Phi) is 4.74. The number of allylic oxidation sites excluding steroid dienone is 1. The largest absolute Gasteiger partial charge is 0.357 e. The molecule has 0 bridgehead atoms. The van der Waals surface area contributed by atoms with Crippen molar-refractivity contribution in [1.82, 2.24) is 0 Å². The van der Waals surface area contributed by atoms with Gasteiger partial charge < -0.3 is 10.2 Å². The van der Waals surface area contributed by atoms with Crippen LogP contribution in [0.25, 0.3) is 0 Å². The molecule has 0 saturated carbocycles. The van der Waals surface area contributed by atoms with E-state index in [1.807, 2.05) is 38.1 Å². The second kappa shape index (κ2) is 6.99. The van der Waals surface area contributed by atoms with Gasteiger partial charge in [0.05, 0.1) is 23.3 Å². The SMILES string of the molecule is CC(=O)N1c2ccccc2NC2=CC(C)(C)CC(=O)C2C1c1c(F)cccc1Cl. The molecular weight excluding hydrogens is 391 g/mol. The normalized spacial score (nSPS) is 22.7. The number of Topliss-reactive ketones (excluding diaryl/α,β-unsaturated/α-hetero) is 1. The summed E-state index contributed by atoms with van der Waals surface area (Å²) in [6.45, 7) is 5.39. The topological polar surface area (TPSA) is 49.4 Å². The van der Waals surface area contributed by atoms with E-state index in [9.17, 15) is 9.59 Å². The van der Waals surface area contributed by atoms with Gasteiger partial charge in [-0.2, -0.15) is 0 Å².